The van der Waals surface area contributed by atoms with Gasteiger partial charge in [-0.15, -0.1) is 0 Å². The molecule has 6 heteroatoms. The summed E-state index contributed by atoms with van der Waals surface area (Å²) in [4.78, 5) is 0.239. The van der Waals surface area contributed by atoms with E-state index in [0.717, 1.165) is 12.0 Å². The van der Waals surface area contributed by atoms with Crippen LogP contribution in [0.2, 0.25) is 0 Å². The normalized spacial score (nSPS) is 16.3. The summed E-state index contributed by atoms with van der Waals surface area (Å²) in [5, 5.41) is 3.02. The lowest BCUT2D eigenvalue weighted by molar-refractivity contribution is 0.394. The SMILES string of the molecule is CNCc1ccc(OC)c(S(=O)(=O)N2CC=CCC2)c1. The van der Waals surface area contributed by atoms with Gasteiger partial charge in [0.25, 0.3) is 0 Å². The van der Waals surface area contributed by atoms with Crippen LogP contribution in [0.5, 0.6) is 5.75 Å². The first-order chi connectivity index (χ1) is 9.59. The molecule has 20 heavy (non-hydrogen) atoms. The maximum atomic E-state index is 12.7. The Kier molecular flexibility index (Phi) is 4.80. The first-order valence-corrected chi connectivity index (χ1v) is 8.00. The van der Waals surface area contributed by atoms with Gasteiger partial charge in [0.1, 0.15) is 10.6 Å². The molecule has 0 aromatic heterocycles. The predicted octanol–water partition coefficient (Wildman–Crippen LogP) is 1.37. The largest absolute Gasteiger partial charge is 0.495 e. The van der Waals surface area contributed by atoms with Crippen molar-refractivity contribution in [1.29, 1.82) is 0 Å². The summed E-state index contributed by atoms with van der Waals surface area (Å²) in [7, 11) is -0.201. The average Bonchev–Trinajstić information content (AvgIpc) is 2.48. The van der Waals surface area contributed by atoms with Gasteiger partial charge < -0.3 is 10.1 Å². The van der Waals surface area contributed by atoms with Gasteiger partial charge in [0.2, 0.25) is 10.0 Å². The van der Waals surface area contributed by atoms with Crippen molar-refractivity contribution in [3.63, 3.8) is 0 Å². The molecule has 1 aliphatic heterocycles. The van der Waals surface area contributed by atoms with Gasteiger partial charge in [0.15, 0.2) is 0 Å². The fourth-order valence-electron chi connectivity index (χ4n) is 2.21. The molecule has 5 nitrogen and oxygen atoms in total. The predicted molar refractivity (Wildman–Crippen MR) is 78.3 cm³/mol. The van der Waals surface area contributed by atoms with Gasteiger partial charge >= 0.3 is 0 Å². The lowest BCUT2D eigenvalue weighted by atomic mass is 10.2. The third kappa shape index (κ3) is 3.03. The van der Waals surface area contributed by atoms with Crippen LogP contribution in [0.25, 0.3) is 0 Å². The molecule has 0 radical (unpaired) electrons. The number of methoxy groups -OCH3 is 1. The molecular weight excluding hydrogens is 276 g/mol. The molecule has 1 aromatic carbocycles. The van der Waals surface area contributed by atoms with Gasteiger partial charge in [-0.1, -0.05) is 18.2 Å². The summed E-state index contributed by atoms with van der Waals surface area (Å²) in [6, 6.07) is 5.26. The highest BCUT2D eigenvalue weighted by molar-refractivity contribution is 7.89. The molecule has 1 aliphatic rings. The van der Waals surface area contributed by atoms with E-state index in [4.69, 9.17) is 4.74 Å². The third-order valence-corrected chi connectivity index (χ3v) is 5.13. The maximum Gasteiger partial charge on any atom is 0.247 e. The van der Waals surface area contributed by atoms with Crippen molar-refractivity contribution >= 4 is 10.0 Å². The molecule has 0 fully saturated rings. The lowest BCUT2D eigenvalue weighted by Crippen LogP contribution is -2.34. The van der Waals surface area contributed by atoms with Crippen LogP contribution in [0.4, 0.5) is 0 Å². The third-order valence-electron chi connectivity index (χ3n) is 3.25. The molecule has 0 amide bonds. The molecule has 110 valence electrons. The fourth-order valence-corrected chi connectivity index (χ4v) is 3.83. The van der Waals surface area contributed by atoms with Crippen LogP contribution in [-0.2, 0) is 16.6 Å². The zero-order valence-corrected chi connectivity index (χ0v) is 12.6. The standard InChI is InChI=1S/C14H20N2O3S/c1-15-11-12-6-7-13(19-2)14(10-12)20(17,18)16-8-4-3-5-9-16/h3-4,6-7,10,15H,5,8-9,11H2,1-2H3. The first kappa shape index (κ1) is 15.0. The second kappa shape index (κ2) is 6.39. The van der Waals surface area contributed by atoms with Gasteiger partial charge in [-0.25, -0.2) is 8.42 Å². The van der Waals surface area contributed by atoms with Crippen molar-refractivity contribution < 1.29 is 13.2 Å². The van der Waals surface area contributed by atoms with Crippen LogP contribution in [0.3, 0.4) is 0 Å². The van der Waals surface area contributed by atoms with E-state index in [1.807, 2.05) is 25.3 Å². The van der Waals surface area contributed by atoms with Crippen LogP contribution < -0.4 is 10.1 Å². The second-order valence-corrected chi connectivity index (χ2v) is 6.55. The highest BCUT2D eigenvalue weighted by atomic mass is 32.2. The molecule has 0 saturated carbocycles. The molecular formula is C14H20N2O3S. The van der Waals surface area contributed by atoms with E-state index in [-0.39, 0.29) is 4.90 Å². The molecule has 1 heterocycles. The number of nitrogens with zero attached hydrogens (tertiary/aromatic N) is 1. The lowest BCUT2D eigenvalue weighted by Gasteiger charge is -2.24. The van der Waals surface area contributed by atoms with E-state index < -0.39 is 10.0 Å². The number of rotatable bonds is 5. The van der Waals surface area contributed by atoms with Gasteiger partial charge in [0.05, 0.1) is 7.11 Å². The van der Waals surface area contributed by atoms with E-state index in [2.05, 4.69) is 5.32 Å². The summed E-state index contributed by atoms with van der Waals surface area (Å²) in [6.07, 6.45) is 4.63. The van der Waals surface area contributed by atoms with E-state index >= 15 is 0 Å². The minimum Gasteiger partial charge on any atom is -0.495 e. The van der Waals surface area contributed by atoms with Crippen LogP contribution >= 0.6 is 0 Å². The maximum absolute atomic E-state index is 12.7. The molecule has 0 bridgehead atoms. The number of hydrogen-bond donors (Lipinski definition) is 1. The minimum atomic E-state index is -3.52. The second-order valence-electron chi connectivity index (χ2n) is 4.64. The Labute approximate surface area is 120 Å². The topological polar surface area (TPSA) is 58.6 Å². The van der Waals surface area contributed by atoms with Crippen molar-refractivity contribution in [2.75, 3.05) is 27.2 Å². The van der Waals surface area contributed by atoms with E-state index in [9.17, 15) is 8.42 Å². The number of sulfonamides is 1. The molecule has 1 aromatic rings. The average molecular weight is 296 g/mol. The van der Waals surface area contributed by atoms with Gasteiger partial charge in [-0.05, 0) is 31.2 Å². The molecule has 1 N–H and O–H groups in total. The molecule has 0 saturated heterocycles. The monoisotopic (exact) mass is 296 g/mol. The summed E-state index contributed by atoms with van der Waals surface area (Å²) in [6.45, 7) is 1.55. The van der Waals surface area contributed by atoms with Crippen molar-refractivity contribution in [3.05, 3.63) is 35.9 Å². The Balaban J connectivity index is 2.42. The summed E-state index contributed by atoms with van der Waals surface area (Å²) >= 11 is 0. The first-order valence-electron chi connectivity index (χ1n) is 6.56. The van der Waals surface area contributed by atoms with Crippen LogP contribution in [0.1, 0.15) is 12.0 Å². The van der Waals surface area contributed by atoms with Crippen molar-refractivity contribution in [2.24, 2.45) is 0 Å². The Bertz CT molecular complexity index is 596. The number of ether oxygens (including phenoxy) is 1. The number of benzene rings is 1. The van der Waals surface area contributed by atoms with Gasteiger partial charge in [-0.2, -0.15) is 4.31 Å². The van der Waals surface area contributed by atoms with Crippen LogP contribution in [-0.4, -0.2) is 40.0 Å². The molecule has 0 aliphatic carbocycles. The zero-order chi connectivity index (χ0) is 14.6. The van der Waals surface area contributed by atoms with Crippen LogP contribution in [0.15, 0.2) is 35.2 Å². The highest BCUT2D eigenvalue weighted by Crippen LogP contribution is 2.28. The summed E-state index contributed by atoms with van der Waals surface area (Å²) < 4.78 is 32.1. The Hall–Kier alpha value is -1.37. The number of nitrogens with one attached hydrogen (secondary N) is 1. The summed E-state index contributed by atoms with van der Waals surface area (Å²) in [5.74, 6) is 0.388. The van der Waals surface area contributed by atoms with Gasteiger partial charge in [0, 0.05) is 19.6 Å². The Morgan fingerprint density at radius 2 is 2.15 bits per heavy atom. The fraction of sp³-hybridized carbons (Fsp3) is 0.429. The van der Waals surface area contributed by atoms with E-state index in [1.54, 1.807) is 12.1 Å². The Morgan fingerprint density at radius 1 is 1.35 bits per heavy atom. The van der Waals surface area contributed by atoms with Crippen molar-refractivity contribution in [1.82, 2.24) is 9.62 Å². The smallest absolute Gasteiger partial charge is 0.247 e. The molecule has 2 rings (SSSR count). The number of hydrogen-bond acceptors (Lipinski definition) is 4. The minimum absolute atomic E-state index is 0.239. The quantitative estimate of drug-likeness (QED) is 0.834. The van der Waals surface area contributed by atoms with E-state index in [0.29, 0.717) is 25.4 Å². The van der Waals surface area contributed by atoms with Crippen molar-refractivity contribution in [2.45, 2.75) is 17.9 Å². The van der Waals surface area contributed by atoms with E-state index in [1.165, 1.54) is 11.4 Å². The molecule has 0 unspecified atom stereocenters. The molecule has 0 spiro atoms. The molecule has 0 atom stereocenters. The highest BCUT2D eigenvalue weighted by Gasteiger charge is 2.27. The van der Waals surface area contributed by atoms with Crippen molar-refractivity contribution in [3.8, 4) is 5.75 Å². The van der Waals surface area contributed by atoms with Crippen LogP contribution in [0, 0.1) is 0 Å². The zero-order valence-electron chi connectivity index (χ0n) is 11.8. The Morgan fingerprint density at radius 3 is 2.75 bits per heavy atom. The van der Waals surface area contributed by atoms with Gasteiger partial charge in [-0.3, -0.25) is 0 Å². The summed E-state index contributed by atoms with van der Waals surface area (Å²) in [5.41, 5.74) is 0.916.